The third-order valence-electron chi connectivity index (χ3n) is 2.93. The smallest absolute Gasteiger partial charge is 0.269 e. The van der Waals surface area contributed by atoms with Gasteiger partial charge in [0.05, 0.1) is 4.92 Å². The Morgan fingerprint density at radius 3 is 2.57 bits per heavy atom. The van der Waals surface area contributed by atoms with E-state index in [0.29, 0.717) is 18.2 Å². The molecule has 0 aliphatic heterocycles. The SMILES string of the molecule is CNCc1cc(Cl)ccc1OCc1ccc([N+](=O)[O-])cc1. The molecule has 0 spiro atoms. The Kier molecular flexibility index (Phi) is 5.14. The number of non-ortho nitro benzene ring substituents is 1. The summed E-state index contributed by atoms with van der Waals surface area (Å²) in [6.45, 7) is 0.993. The molecule has 0 saturated heterocycles. The Labute approximate surface area is 127 Å². The summed E-state index contributed by atoms with van der Waals surface area (Å²) in [4.78, 5) is 10.2. The zero-order valence-corrected chi connectivity index (χ0v) is 12.3. The van der Waals surface area contributed by atoms with E-state index in [1.165, 1.54) is 12.1 Å². The number of halogens is 1. The molecule has 0 saturated carbocycles. The monoisotopic (exact) mass is 306 g/mol. The van der Waals surface area contributed by atoms with Crippen molar-refractivity contribution >= 4 is 17.3 Å². The van der Waals surface area contributed by atoms with Crippen molar-refractivity contribution in [2.45, 2.75) is 13.2 Å². The highest BCUT2D eigenvalue weighted by Gasteiger charge is 2.07. The zero-order chi connectivity index (χ0) is 15.2. The summed E-state index contributed by atoms with van der Waals surface area (Å²) < 4.78 is 5.76. The van der Waals surface area contributed by atoms with Crippen LogP contribution in [0.15, 0.2) is 42.5 Å². The maximum absolute atomic E-state index is 10.6. The van der Waals surface area contributed by atoms with Crippen LogP contribution in [0.5, 0.6) is 5.75 Å². The van der Waals surface area contributed by atoms with Crippen LogP contribution in [-0.4, -0.2) is 12.0 Å². The van der Waals surface area contributed by atoms with Gasteiger partial charge in [0.15, 0.2) is 0 Å². The van der Waals surface area contributed by atoms with Gasteiger partial charge < -0.3 is 10.1 Å². The van der Waals surface area contributed by atoms with E-state index in [1.54, 1.807) is 18.2 Å². The highest BCUT2D eigenvalue weighted by atomic mass is 35.5. The van der Waals surface area contributed by atoms with Crippen molar-refractivity contribution in [1.29, 1.82) is 0 Å². The summed E-state index contributed by atoms with van der Waals surface area (Å²) in [6, 6.07) is 11.7. The highest BCUT2D eigenvalue weighted by molar-refractivity contribution is 6.30. The predicted molar refractivity (Wildman–Crippen MR) is 81.6 cm³/mol. The fourth-order valence-corrected chi connectivity index (χ4v) is 2.09. The van der Waals surface area contributed by atoms with Gasteiger partial charge in [-0.2, -0.15) is 0 Å². The number of benzene rings is 2. The number of ether oxygens (including phenoxy) is 1. The van der Waals surface area contributed by atoms with E-state index in [-0.39, 0.29) is 5.69 Å². The molecular weight excluding hydrogens is 292 g/mol. The molecule has 0 heterocycles. The summed E-state index contributed by atoms with van der Waals surface area (Å²) in [5, 5.41) is 14.3. The molecule has 0 unspecified atom stereocenters. The molecule has 21 heavy (non-hydrogen) atoms. The van der Waals surface area contributed by atoms with E-state index < -0.39 is 4.92 Å². The number of nitro groups is 1. The fourth-order valence-electron chi connectivity index (χ4n) is 1.89. The number of hydrogen-bond acceptors (Lipinski definition) is 4. The second-order valence-electron chi connectivity index (χ2n) is 4.49. The molecule has 0 radical (unpaired) electrons. The van der Waals surface area contributed by atoms with Crippen LogP contribution in [0.4, 0.5) is 5.69 Å². The van der Waals surface area contributed by atoms with E-state index in [2.05, 4.69) is 5.32 Å². The van der Waals surface area contributed by atoms with Gasteiger partial charge in [-0.25, -0.2) is 0 Å². The van der Waals surface area contributed by atoms with Crippen molar-refractivity contribution in [1.82, 2.24) is 5.32 Å². The summed E-state index contributed by atoms with van der Waals surface area (Å²) in [7, 11) is 1.85. The number of nitro benzene ring substituents is 1. The minimum atomic E-state index is -0.422. The topological polar surface area (TPSA) is 64.4 Å². The third-order valence-corrected chi connectivity index (χ3v) is 3.17. The van der Waals surface area contributed by atoms with Crippen LogP contribution in [0.2, 0.25) is 5.02 Å². The molecule has 2 rings (SSSR count). The molecule has 0 amide bonds. The largest absolute Gasteiger partial charge is 0.489 e. The van der Waals surface area contributed by atoms with Crippen LogP contribution in [0, 0.1) is 10.1 Å². The average Bonchev–Trinajstić information content (AvgIpc) is 2.47. The molecule has 0 fully saturated rings. The lowest BCUT2D eigenvalue weighted by Crippen LogP contribution is -2.07. The van der Waals surface area contributed by atoms with Crippen LogP contribution in [0.3, 0.4) is 0 Å². The molecule has 0 aliphatic carbocycles. The Morgan fingerprint density at radius 1 is 1.24 bits per heavy atom. The first kappa shape index (κ1) is 15.3. The highest BCUT2D eigenvalue weighted by Crippen LogP contribution is 2.24. The lowest BCUT2D eigenvalue weighted by molar-refractivity contribution is -0.384. The van der Waals surface area contributed by atoms with Crippen molar-refractivity contribution in [3.05, 3.63) is 68.7 Å². The van der Waals surface area contributed by atoms with Gasteiger partial charge in [-0.05, 0) is 42.9 Å². The molecule has 2 aromatic rings. The van der Waals surface area contributed by atoms with Crippen LogP contribution >= 0.6 is 11.6 Å². The van der Waals surface area contributed by atoms with E-state index in [4.69, 9.17) is 16.3 Å². The molecule has 1 N–H and O–H groups in total. The Hall–Kier alpha value is -2.11. The zero-order valence-electron chi connectivity index (χ0n) is 11.5. The van der Waals surface area contributed by atoms with E-state index in [0.717, 1.165) is 16.9 Å². The number of rotatable bonds is 6. The number of nitrogens with one attached hydrogen (secondary N) is 1. The van der Waals surface area contributed by atoms with E-state index >= 15 is 0 Å². The summed E-state index contributed by atoms with van der Waals surface area (Å²) in [5.74, 6) is 0.743. The van der Waals surface area contributed by atoms with Gasteiger partial charge >= 0.3 is 0 Å². The van der Waals surface area contributed by atoms with E-state index in [1.807, 2.05) is 19.2 Å². The Bertz CT molecular complexity index is 629. The van der Waals surface area contributed by atoms with Gasteiger partial charge in [-0.15, -0.1) is 0 Å². The minimum absolute atomic E-state index is 0.0705. The molecule has 2 aromatic carbocycles. The van der Waals surface area contributed by atoms with Crippen LogP contribution < -0.4 is 10.1 Å². The average molecular weight is 307 g/mol. The third kappa shape index (κ3) is 4.18. The van der Waals surface area contributed by atoms with Crippen molar-refractivity contribution in [3.63, 3.8) is 0 Å². The second-order valence-corrected chi connectivity index (χ2v) is 4.93. The minimum Gasteiger partial charge on any atom is -0.489 e. The standard InChI is InChI=1S/C15H15ClN2O3/c1-17-9-12-8-13(16)4-7-15(12)21-10-11-2-5-14(6-3-11)18(19)20/h2-8,17H,9-10H2,1H3. The first-order valence-corrected chi connectivity index (χ1v) is 6.77. The van der Waals surface area contributed by atoms with E-state index in [9.17, 15) is 10.1 Å². The first-order chi connectivity index (χ1) is 10.1. The predicted octanol–water partition coefficient (Wildman–Crippen LogP) is 3.55. The van der Waals surface area contributed by atoms with Gasteiger partial charge in [0.1, 0.15) is 12.4 Å². The van der Waals surface area contributed by atoms with Gasteiger partial charge in [-0.3, -0.25) is 10.1 Å². The normalized spacial score (nSPS) is 10.4. The van der Waals surface area contributed by atoms with Crippen molar-refractivity contribution in [2.75, 3.05) is 7.05 Å². The Morgan fingerprint density at radius 2 is 1.95 bits per heavy atom. The van der Waals surface area contributed by atoms with Crippen LogP contribution in [-0.2, 0) is 13.2 Å². The molecule has 6 heteroatoms. The lowest BCUT2D eigenvalue weighted by Gasteiger charge is -2.12. The van der Waals surface area contributed by atoms with Crippen LogP contribution in [0.1, 0.15) is 11.1 Å². The van der Waals surface area contributed by atoms with Crippen molar-refractivity contribution in [2.24, 2.45) is 0 Å². The van der Waals surface area contributed by atoms with Crippen molar-refractivity contribution in [3.8, 4) is 5.75 Å². The maximum atomic E-state index is 10.6. The molecule has 0 bridgehead atoms. The first-order valence-electron chi connectivity index (χ1n) is 6.39. The van der Waals surface area contributed by atoms with Gasteiger partial charge in [-0.1, -0.05) is 11.6 Å². The summed E-state index contributed by atoms with van der Waals surface area (Å²) >= 11 is 5.97. The molecule has 5 nitrogen and oxygen atoms in total. The molecule has 0 aromatic heterocycles. The quantitative estimate of drug-likeness (QED) is 0.655. The summed E-state index contributed by atoms with van der Waals surface area (Å²) in [5.41, 5.74) is 1.90. The summed E-state index contributed by atoms with van der Waals surface area (Å²) in [6.07, 6.45) is 0. The van der Waals surface area contributed by atoms with Crippen molar-refractivity contribution < 1.29 is 9.66 Å². The van der Waals surface area contributed by atoms with Gasteiger partial charge in [0.2, 0.25) is 0 Å². The van der Waals surface area contributed by atoms with Crippen LogP contribution in [0.25, 0.3) is 0 Å². The number of hydrogen-bond donors (Lipinski definition) is 1. The number of nitrogens with zero attached hydrogens (tertiary/aromatic N) is 1. The molecule has 0 atom stereocenters. The fraction of sp³-hybridized carbons (Fsp3) is 0.200. The maximum Gasteiger partial charge on any atom is 0.269 e. The molecule has 110 valence electrons. The Balaban J connectivity index is 2.07. The molecule has 0 aliphatic rings. The van der Waals surface area contributed by atoms with Gasteiger partial charge in [0.25, 0.3) is 5.69 Å². The molecular formula is C15H15ClN2O3. The van der Waals surface area contributed by atoms with Gasteiger partial charge in [0, 0.05) is 29.3 Å². The second kappa shape index (κ2) is 7.06. The lowest BCUT2D eigenvalue weighted by atomic mass is 10.2.